The molecule has 0 aromatic heterocycles. The van der Waals surface area contributed by atoms with Gasteiger partial charge in [0, 0.05) is 12.1 Å². The van der Waals surface area contributed by atoms with E-state index in [1.807, 2.05) is 26.8 Å². The molecule has 6 nitrogen and oxygen atoms in total. The minimum atomic E-state index is -0.399. The van der Waals surface area contributed by atoms with Gasteiger partial charge in [0.1, 0.15) is 0 Å². The summed E-state index contributed by atoms with van der Waals surface area (Å²) in [4.78, 5) is 34.8. The predicted octanol–water partition coefficient (Wildman–Crippen LogP) is 0.676. The smallest absolute Gasteiger partial charge is 0.251 e. The van der Waals surface area contributed by atoms with Crippen LogP contribution in [0, 0.1) is 13.8 Å². The Balaban J connectivity index is 2.35. The average molecular weight is 305 g/mol. The van der Waals surface area contributed by atoms with Gasteiger partial charge in [-0.05, 0) is 43.5 Å². The van der Waals surface area contributed by atoms with Crippen molar-refractivity contribution >= 4 is 17.7 Å². The average Bonchev–Trinajstić information content (AvgIpc) is 2.51. The van der Waals surface area contributed by atoms with Gasteiger partial charge in [0.2, 0.25) is 11.8 Å². The molecule has 0 heterocycles. The zero-order valence-corrected chi connectivity index (χ0v) is 13.3. The number of hydrogen-bond acceptors (Lipinski definition) is 3. The van der Waals surface area contributed by atoms with Crippen LogP contribution in [-0.2, 0) is 9.59 Å². The summed E-state index contributed by atoms with van der Waals surface area (Å²) in [5.74, 6) is -0.951. The molecule has 0 aliphatic carbocycles. The summed E-state index contributed by atoms with van der Waals surface area (Å²) in [6.07, 6.45) is 0.839. The topological polar surface area (TPSA) is 87.3 Å². The van der Waals surface area contributed by atoms with Gasteiger partial charge >= 0.3 is 0 Å². The molecule has 0 aliphatic heterocycles. The number of carbonyl (C=O) groups excluding carboxylic acids is 3. The Bertz CT molecular complexity index is 556. The van der Waals surface area contributed by atoms with Crippen molar-refractivity contribution in [2.24, 2.45) is 0 Å². The first-order valence-electron chi connectivity index (χ1n) is 7.33. The van der Waals surface area contributed by atoms with Gasteiger partial charge in [-0.3, -0.25) is 14.4 Å². The molecule has 0 radical (unpaired) electrons. The first kappa shape index (κ1) is 17.7. The minimum absolute atomic E-state index is 0.0850. The fraction of sp³-hybridized carbons (Fsp3) is 0.438. The molecule has 0 bridgehead atoms. The Morgan fingerprint density at radius 1 is 0.909 bits per heavy atom. The van der Waals surface area contributed by atoms with Crippen molar-refractivity contribution in [1.29, 1.82) is 0 Å². The highest BCUT2D eigenvalue weighted by Gasteiger charge is 2.09. The molecule has 22 heavy (non-hydrogen) atoms. The molecule has 0 spiro atoms. The van der Waals surface area contributed by atoms with Crippen LogP contribution in [0.25, 0.3) is 0 Å². The normalized spacial score (nSPS) is 9.95. The van der Waals surface area contributed by atoms with Crippen LogP contribution in [0.5, 0.6) is 0 Å². The Labute approximate surface area is 130 Å². The lowest BCUT2D eigenvalue weighted by Crippen LogP contribution is -2.42. The molecule has 0 saturated heterocycles. The van der Waals surface area contributed by atoms with E-state index in [4.69, 9.17) is 0 Å². The standard InChI is InChI=1S/C16H23N3O3/c1-4-7-17-14(20)9-18-15(21)10-19-16(22)13-6-5-11(2)12(3)8-13/h5-6,8H,4,7,9-10H2,1-3H3,(H,17,20)(H,18,21)(H,19,22). The van der Waals surface area contributed by atoms with Crippen LogP contribution in [0.3, 0.4) is 0 Å². The number of nitrogens with one attached hydrogen (secondary N) is 3. The van der Waals surface area contributed by atoms with Gasteiger partial charge < -0.3 is 16.0 Å². The van der Waals surface area contributed by atoms with Gasteiger partial charge in [0.25, 0.3) is 5.91 Å². The molecule has 0 unspecified atom stereocenters. The third-order valence-corrected chi connectivity index (χ3v) is 3.20. The molecule has 120 valence electrons. The molecule has 1 aromatic rings. The molecule has 0 atom stereocenters. The van der Waals surface area contributed by atoms with Crippen molar-refractivity contribution in [2.75, 3.05) is 19.6 Å². The largest absolute Gasteiger partial charge is 0.355 e. The highest BCUT2D eigenvalue weighted by molar-refractivity contribution is 5.97. The Kier molecular flexibility index (Phi) is 7.08. The summed E-state index contributed by atoms with van der Waals surface area (Å²) in [5, 5.41) is 7.63. The van der Waals surface area contributed by atoms with E-state index in [1.165, 1.54) is 0 Å². The molecule has 0 fully saturated rings. The lowest BCUT2D eigenvalue weighted by atomic mass is 10.1. The maximum Gasteiger partial charge on any atom is 0.251 e. The minimum Gasteiger partial charge on any atom is -0.355 e. The maximum atomic E-state index is 11.9. The van der Waals surface area contributed by atoms with Crippen LogP contribution >= 0.6 is 0 Å². The predicted molar refractivity (Wildman–Crippen MR) is 84.6 cm³/mol. The first-order valence-corrected chi connectivity index (χ1v) is 7.33. The fourth-order valence-corrected chi connectivity index (χ4v) is 1.71. The van der Waals surface area contributed by atoms with E-state index in [0.717, 1.165) is 17.5 Å². The molecule has 6 heteroatoms. The zero-order chi connectivity index (χ0) is 16.5. The molecule has 1 rings (SSSR count). The number of amides is 3. The first-order chi connectivity index (χ1) is 10.4. The second-order valence-electron chi connectivity index (χ2n) is 5.11. The molecular formula is C16H23N3O3. The van der Waals surface area contributed by atoms with Gasteiger partial charge in [-0.15, -0.1) is 0 Å². The van der Waals surface area contributed by atoms with Gasteiger partial charge in [0.05, 0.1) is 13.1 Å². The highest BCUT2D eigenvalue weighted by atomic mass is 16.2. The van der Waals surface area contributed by atoms with Crippen molar-refractivity contribution < 1.29 is 14.4 Å². The van der Waals surface area contributed by atoms with Crippen molar-refractivity contribution in [2.45, 2.75) is 27.2 Å². The van der Waals surface area contributed by atoms with Crippen LogP contribution in [0.2, 0.25) is 0 Å². The number of aryl methyl sites for hydroxylation is 2. The van der Waals surface area contributed by atoms with Crippen LogP contribution in [0.4, 0.5) is 0 Å². The third kappa shape index (κ3) is 5.95. The number of carbonyl (C=O) groups is 3. The number of hydrogen-bond donors (Lipinski definition) is 3. The quantitative estimate of drug-likeness (QED) is 0.692. The highest BCUT2D eigenvalue weighted by Crippen LogP contribution is 2.09. The van der Waals surface area contributed by atoms with Crippen LogP contribution in [0.15, 0.2) is 18.2 Å². The Morgan fingerprint density at radius 2 is 1.55 bits per heavy atom. The molecule has 0 aliphatic rings. The van der Waals surface area contributed by atoms with Gasteiger partial charge in [-0.1, -0.05) is 13.0 Å². The number of rotatable bonds is 7. The van der Waals surface area contributed by atoms with Crippen molar-refractivity contribution in [3.05, 3.63) is 34.9 Å². The summed E-state index contributed by atoms with van der Waals surface area (Å²) >= 11 is 0. The molecule has 0 saturated carbocycles. The lowest BCUT2D eigenvalue weighted by Gasteiger charge is -2.08. The Hall–Kier alpha value is -2.37. The fourth-order valence-electron chi connectivity index (χ4n) is 1.71. The van der Waals surface area contributed by atoms with E-state index >= 15 is 0 Å². The summed E-state index contributed by atoms with van der Waals surface area (Å²) in [7, 11) is 0. The number of benzene rings is 1. The van der Waals surface area contributed by atoms with Gasteiger partial charge in [0.15, 0.2) is 0 Å². The van der Waals surface area contributed by atoms with Crippen LogP contribution in [0.1, 0.15) is 34.8 Å². The maximum absolute atomic E-state index is 11.9. The van der Waals surface area contributed by atoms with Gasteiger partial charge in [-0.2, -0.15) is 0 Å². The molecule has 3 N–H and O–H groups in total. The molecular weight excluding hydrogens is 282 g/mol. The van der Waals surface area contributed by atoms with E-state index in [0.29, 0.717) is 12.1 Å². The van der Waals surface area contributed by atoms with Crippen LogP contribution < -0.4 is 16.0 Å². The van der Waals surface area contributed by atoms with Gasteiger partial charge in [-0.25, -0.2) is 0 Å². The second-order valence-corrected chi connectivity index (χ2v) is 5.11. The van der Waals surface area contributed by atoms with Crippen molar-refractivity contribution in [1.82, 2.24) is 16.0 Å². The monoisotopic (exact) mass is 305 g/mol. The van der Waals surface area contributed by atoms with Crippen molar-refractivity contribution in [3.63, 3.8) is 0 Å². The van der Waals surface area contributed by atoms with Crippen molar-refractivity contribution in [3.8, 4) is 0 Å². The summed E-state index contributed by atoms with van der Waals surface area (Å²) < 4.78 is 0. The van der Waals surface area contributed by atoms with E-state index in [-0.39, 0.29) is 24.9 Å². The van der Waals surface area contributed by atoms with E-state index in [1.54, 1.807) is 12.1 Å². The second kappa shape index (κ2) is 8.81. The lowest BCUT2D eigenvalue weighted by molar-refractivity contribution is -0.125. The summed E-state index contributed by atoms with van der Waals surface area (Å²) in [6.45, 7) is 6.17. The summed E-state index contributed by atoms with van der Waals surface area (Å²) in [5.41, 5.74) is 2.63. The molecule has 1 aromatic carbocycles. The SMILES string of the molecule is CCCNC(=O)CNC(=O)CNC(=O)c1ccc(C)c(C)c1. The Morgan fingerprint density at radius 3 is 2.18 bits per heavy atom. The van der Waals surface area contributed by atoms with E-state index < -0.39 is 5.91 Å². The third-order valence-electron chi connectivity index (χ3n) is 3.20. The summed E-state index contributed by atoms with van der Waals surface area (Å²) in [6, 6.07) is 5.36. The molecule has 3 amide bonds. The zero-order valence-electron chi connectivity index (χ0n) is 13.3. The van der Waals surface area contributed by atoms with E-state index in [9.17, 15) is 14.4 Å². The van der Waals surface area contributed by atoms with E-state index in [2.05, 4.69) is 16.0 Å². The van der Waals surface area contributed by atoms with Crippen LogP contribution in [-0.4, -0.2) is 37.4 Å².